The molecule has 0 radical (unpaired) electrons. The summed E-state index contributed by atoms with van der Waals surface area (Å²) in [4.78, 5) is 43.2. The van der Waals surface area contributed by atoms with Crippen LogP contribution in [0.2, 0.25) is 0 Å². The molecule has 2 saturated heterocycles. The van der Waals surface area contributed by atoms with Crippen molar-refractivity contribution in [3.05, 3.63) is 52.8 Å². The maximum atomic E-state index is 12.6. The molecule has 0 unspecified atom stereocenters. The van der Waals surface area contributed by atoms with E-state index in [1.807, 2.05) is 30.5 Å². The van der Waals surface area contributed by atoms with Crippen LogP contribution in [-0.4, -0.2) is 70.4 Å². The van der Waals surface area contributed by atoms with E-state index in [-0.39, 0.29) is 22.8 Å². The maximum Gasteiger partial charge on any atom is 0.288 e. The van der Waals surface area contributed by atoms with Crippen LogP contribution in [0.5, 0.6) is 0 Å². The van der Waals surface area contributed by atoms with E-state index in [2.05, 4.69) is 21.3 Å². The minimum atomic E-state index is -0.187. The number of morpholine rings is 1. The predicted octanol–water partition coefficient (Wildman–Crippen LogP) is 2.58. The lowest BCUT2D eigenvalue weighted by Gasteiger charge is -2.25. The third kappa shape index (κ3) is 4.36. The summed E-state index contributed by atoms with van der Waals surface area (Å²) in [5.74, 6) is -0.0566. The fourth-order valence-electron chi connectivity index (χ4n) is 4.18. The van der Waals surface area contributed by atoms with E-state index < -0.39 is 0 Å². The van der Waals surface area contributed by atoms with Crippen molar-refractivity contribution in [3.8, 4) is 0 Å². The van der Waals surface area contributed by atoms with Gasteiger partial charge in [0, 0.05) is 49.3 Å². The monoisotopic (exact) mass is 452 g/mol. The van der Waals surface area contributed by atoms with Gasteiger partial charge in [-0.1, -0.05) is 17.8 Å². The van der Waals surface area contributed by atoms with Gasteiger partial charge < -0.3 is 15.0 Å². The van der Waals surface area contributed by atoms with Crippen molar-refractivity contribution >= 4 is 46.2 Å². The average molecular weight is 453 g/mol. The number of nitrogens with one attached hydrogen (secondary N) is 2. The fraction of sp³-hybridized carbons (Fsp3) is 0.348. The summed E-state index contributed by atoms with van der Waals surface area (Å²) in [6.07, 6.45) is 4.41. The molecule has 1 aromatic heterocycles. The topological polar surface area (TPSA) is 94.7 Å². The SMILES string of the molecule is O=C1Nc2ccc(CCN3C(=O)CSC3=O)cc2/C1=C/c1cc(CN2CCOCC2)c[nH]1. The maximum absolute atomic E-state index is 12.6. The van der Waals surface area contributed by atoms with E-state index in [0.29, 0.717) is 18.5 Å². The van der Waals surface area contributed by atoms with Crippen molar-refractivity contribution in [2.24, 2.45) is 0 Å². The molecule has 0 saturated carbocycles. The van der Waals surface area contributed by atoms with Crippen LogP contribution in [0, 0.1) is 0 Å². The molecule has 5 rings (SSSR count). The van der Waals surface area contributed by atoms with Gasteiger partial charge in [0.15, 0.2) is 0 Å². The summed E-state index contributed by atoms with van der Waals surface area (Å²) >= 11 is 1.04. The first-order valence-electron chi connectivity index (χ1n) is 10.7. The predicted molar refractivity (Wildman–Crippen MR) is 123 cm³/mol. The van der Waals surface area contributed by atoms with Gasteiger partial charge >= 0.3 is 0 Å². The highest BCUT2D eigenvalue weighted by atomic mass is 32.2. The minimum absolute atomic E-state index is 0.136. The number of carbonyl (C=O) groups is 3. The normalized spacial score (nSPS) is 20.3. The molecule has 2 fully saturated rings. The number of ether oxygens (including phenoxy) is 1. The largest absolute Gasteiger partial charge is 0.379 e. The minimum Gasteiger partial charge on any atom is -0.379 e. The molecule has 2 aromatic rings. The van der Waals surface area contributed by atoms with Crippen LogP contribution < -0.4 is 5.32 Å². The second kappa shape index (κ2) is 8.93. The van der Waals surface area contributed by atoms with Crippen LogP contribution in [0.25, 0.3) is 11.6 Å². The Kier molecular flexibility index (Phi) is 5.86. The zero-order valence-corrected chi connectivity index (χ0v) is 18.4. The number of hydrogen-bond acceptors (Lipinski definition) is 6. The summed E-state index contributed by atoms with van der Waals surface area (Å²) in [5.41, 5.74) is 5.23. The molecule has 2 N–H and O–H groups in total. The van der Waals surface area contributed by atoms with Crippen LogP contribution in [0.4, 0.5) is 10.5 Å². The van der Waals surface area contributed by atoms with Gasteiger partial charge in [0.05, 0.1) is 24.5 Å². The number of thioether (sulfide) groups is 1. The number of fused-ring (bicyclic) bond motifs is 1. The number of rotatable bonds is 6. The number of aromatic nitrogens is 1. The first-order chi connectivity index (χ1) is 15.6. The van der Waals surface area contributed by atoms with E-state index in [0.717, 1.165) is 67.1 Å². The van der Waals surface area contributed by atoms with Crippen LogP contribution >= 0.6 is 11.8 Å². The first kappa shape index (κ1) is 21.0. The molecule has 0 atom stereocenters. The van der Waals surface area contributed by atoms with Crippen molar-refractivity contribution in [1.82, 2.24) is 14.8 Å². The molecule has 9 heteroatoms. The second-order valence-electron chi connectivity index (χ2n) is 8.09. The summed E-state index contributed by atoms with van der Waals surface area (Å²) in [5, 5.41) is 2.73. The molecule has 166 valence electrons. The van der Waals surface area contributed by atoms with Gasteiger partial charge in [0.1, 0.15) is 0 Å². The highest BCUT2D eigenvalue weighted by molar-refractivity contribution is 8.14. The zero-order valence-electron chi connectivity index (χ0n) is 17.6. The van der Waals surface area contributed by atoms with Crippen LogP contribution in [-0.2, 0) is 27.3 Å². The van der Waals surface area contributed by atoms with E-state index in [1.165, 1.54) is 10.5 Å². The number of amides is 3. The smallest absolute Gasteiger partial charge is 0.288 e. The Morgan fingerprint density at radius 3 is 2.72 bits per heavy atom. The van der Waals surface area contributed by atoms with E-state index in [4.69, 9.17) is 4.74 Å². The number of H-pyrrole nitrogens is 1. The second-order valence-corrected chi connectivity index (χ2v) is 9.02. The molecule has 3 amide bonds. The molecule has 3 aliphatic rings. The van der Waals surface area contributed by atoms with E-state index in [1.54, 1.807) is 0 Å². The third-order valence-electron chi connectivity index (χ3n) is 5.91. The Morgan fingerprint density at radius 1 is 1.09 bits per heavy atom. The Labute approximate surface area is 190 Å². The molecule has 0 aliphatic carbocycles. The molecule has 32 heavy (non-hydrogen) atoms. The number of imide groups is 1. The molecule has 4 heterocycles. The quantitative estimate of drug-likeness (QED) is 0.655. The number of benzene rings is 1. The van der Waals surface area contributed by atoms with Gasteiger partial charge in [-0.05, 0) is 41.8 Å². The Hall–Kier alpha value is -2.88. The fourth-order valence-corrected chi connectivity index (χ4v) is 4.93. The number of aromatic amines is 1. The summed E-state index contributed by atoms with van der Waals surface area (Å²) < 4.78 is 5.40. The molecule has 3 aliphatic heterocycles. The Morgan fingerprint density at radius 2 is 1.94 bits per heavy atom. The van der Waals surface area contributed by atoms with E-state index >= 15 is 0 Å². The van der Waals surface area contributed by atoms with Crippen LogP contribution in [0.3, 0.4) is 0 Å². The van der Waals surface area contributed by atoms with Crippen molar-refractivity contribution in [2.45, 2.75) is 13.0 Å². The molecule has 8 nitrogen and oxygen atoms in total. The average Bonchev–Trinajstić information content (AvgIpc) is 3.46. The van der Waals surface area contributed by atoms with Crippen molar-refractivity contribution in [2.75, 3.05) is 43.9 Å². The van der Waals surface area contributed by atoms with Crippen LogP contribution in [0.15, 0.2) is 30.5 Å². The lowest BCUT2D eigenvalue weighted by molar-refractivity contribution is -0.124. The molecule has 0 spiro atoms. The van der Waals surface area contributed by atoms with Gasteiger partial charge in [0.2, 0.25) is 5.91 Å². The number of anilines is 1. The summed E-state index contributed by atoms with van der Waals surface area (Å²) in [6, 6.07) is 7.84. The molecular weight excluding hydrogens is 428 g/mol. The van der Waals surface area contributed by atoms with Crippen molar-refractivity contribution in [1.29, 1.82) is 0 Å². The van der Waals surface area contributed by atoms with Crippen LogP contribution in [0.1, 0.15) is 22.4 Å². The molecule has 1 aromatic carbocycles. The highest BCUT2D eigenvalue weighted by Crippen LogP contribution is 2.34. The number of nitrogens with zero attached hydrogens (tertiary/aromatic N) is 2. The third-order valence-corrected chi connectivity index (χ3v) is 6.77. The van der Waals surface area contributed by atoms with Gasteiger partial charge in [-0.15, -0.1) is 0 Å². The van der Waals surface area contributed by atoms with Gasteiger partial charge in [-0.2, -0.15) is 0 Å². The summed E-state index contributed by atoms with van der Waals surface area (Å²) in [6.45, 7) is 4.58. The first-order valence-corrected chi connectivity index (χ1v) is 11.7. The lowest BCUT2D eigenvalue weighted by Crippen LogP contribution is -2.35. The van der Waals surface area contributed by atoms with Gasteiger partial charge in [-0.25, -0.2) is 0 Å². The Bertz CT molecular complexity index is 1090. The van der Waals surface area contributed by atoms with E-state index in [9.17, 15) is 14.4 Å². The molecule has 0 bridgehead atoms. The lowest BCUT2D eigenvalue weighted by atomic mass is 10.0. The molecular formula is C23H24N4O4S. The standard InChI is InChI=1S/C23H24N4O4S/c28-21-14-32-23(30)27(21)4-3-15-1-2-20-18(10-15)19(22(29)25-20)11-17-9-16(12-24-17)13-26-5-7-31-8-6-26/h1-2,9-12,24H,3-8,13-14H2,(H,25,29)/b19-11-. The Balaban J connectivity index is 1.31. The zero-order chi connectivity index (χ0) is 22.1. The van der Waals surface area contributed by atoms with Crippen molar-refractivity contribution < 1.29 is 19.1 Å². The summed E-state index contributed by atoms with van der Waals surface area (Å²) in [7, 11) is 0. The van der Waals surface area contributed by atoms with Gasteiger partial charge in [0.25, 0.3) is 11.1 Å². The number of hydrogen-bond donors (Lipinski definition) is 2. The van der Waals surface area contributed by atoms with Crippen molar-refractivity contribution in [3.63, 3.8) is 0 Å². The number of carbonyl (C=O) groups excluding carboxylic acids is 3. The van der Waals surface area contributed by atoms with Gasteiger partial charge in [-0.3, -0.25) is 24.2 Å². The highest BCUT2D eigenvalue weighted by Gasteiger charge is 2.30.